The Hall–Kier alpha value is -3.45. The van der Waals surface area contributed by atoms with Gasteiger partial charge in [-0.2, -0.15) is 0 Å². The Bertz CT molecular complexity index is 1260. The molecule has 0 spiro atoms. The molecular weight excluding hydrogens is 448 g/mol. The molecule has 0 saturated carbocycles. The molecule has 1 amide bonds. The molecule has 34 heavy (non-hydrogen) atoms. The molecule has 1 atom stereocenters. The first kappa shape index (κ1) is 23.7. The van der Waals surface area contributed by atoms with E-state index in [0.29, 0.717) is 16.4 Å². The Balaban J connectivity index is 1.91. The van der Waals surface area contributed by atoms with E-state index in [0.717, 1.165) is 21.7 Å². The molecule has 3 aromatic rings. The van der Waals surface area contributed by atoms with E-state index in [1.165, 1.54) is 16.2 Å². The van der Waals surface area contributed by atoms with E-state index in [-0.39, 0.29) is 16.7 Å². The van der Waals surface area contributed by atoms with Crippen LogP contribution in [0.5, 0.6) is 5.75 Å². The molecule has 4 rings (SSSR count). The Morgan fingerprint density at radius 3 is 2.15 bits per heavy atom. The van der Waals surface area contributed by atoms with Crippen molar-refractivity contribution in [1.29, 1.82) is 0 Å². The molecule has 0 aliphatic carbocycles. The number of carbonyl (C=O) groups is 2. The molecule has 0 bridgehead atoms. The molecule has 1 aromatic heterocycles. The second kappa shape index (κ2) is 8.72. The van der Waals surface area contributed by atoms with Crippen LogP contribution in [0, 0.1) is 13.8 Å². The summed E-state index contributed by atoms with van der Waals surface area (Å²) in [4.78, 5) is 33.5. The van der Waals surface area contributed by atoms with Crippen molar-refractivity contribution >= 4 is 33.9 Å². The van der Waals surface area contributed by atoms with Gasteiger partial charge >= 0.3 is 5.91 Å². The highest BCUT2D eigenvalue weighted by Gasteiger charge is 2.48. The summed E-state index contributed by atoms with van der Waals surface area (Å²) in [5.74, 6) is -1.03. The maximum absolute atomic E-state index is 13.3. The Labute approximate surface area is 203 Å². The Morgan fingerprint density at radius 2 is 1.65 bits per heavy atom. The van der Waals surface area contributed by atoms with Crippen molar-refractivity contribution in [3.05, 3.63) is 81.4 Å². The maximum atomic E-state index is 13.3. The number of ether oxygens (including phenoxy) is 1. The van der Waals surface area contributed by atoms with Gasteiger partial charge in [0.15, 0.2) is 5.13 Å². The van der Waals surface area contributed by atoms with Gasteiger partial charge < -0.3 is 9.84 Å². The average molecular weight is 477 g/mol. The summed E-state index contributed by atoms with van der Waals surface area (Å²) in [6, 6.07) is 13.8. The second-order valence-electron chi connectivity index (χ2n) is 9.41. The van der Waals surface area contributed by atoms with Gasteiger partial charge in [-0.1, -0.05) is 45.0 Å². The number of methoxy groups -OCH3 is 1. The fourth-order valence-corrected chi connectivity index (χ4v) is 4.91. The smallest absolute Gasteiger partial charge is 0.301 e. The SMILES string of the molecule is COc1ccc(C(O)=C2C(=O)C(=O)N(c3nc(C)c(C)s3)[C@@H]2c2ccc(C(C)(C)C)cc2)cc1. The summed E-state index contributed by atoms with van der Waals surface area (Å²) in [5, 5.41) is 11.7. The number of aryl methyl sites for hydroxylation is 2. The standard InChI is InChI=1S/C27H28N2O4S/c1-15-16(2)34-26(28-15)29-22(17-7-11-19(12-8-17)27(3,4)5)21(24(31)25(29)32)23(30)18-9-13-20(33-6)14-10-18/h7-14,22,30H,1-6H3/t22-/m1/s1. The van der Waals surface area contributed by atoms with Crippen molar-refractivity contribution in [3.8, 4) is 5.75 Å². The predicted octanol–water partition coefficient (Wildman–Crippen LogP) is 5.69. The number of aromatic nitrogens is 1. The van der Waals surface area contributed by atoms with Crippen LogP contribution in [0.3, 0.4) is 0 Å². The summed E-state index contributed by atoms with van der Waals surface area (Å²) in [6.07, 6.45) is 0. The van der Waals surface area contributed by atoms with Crippen LogP contribution in [0.15, 0.2) is 54.1 Å². The van der Waals surface area contributed by atoms with Crippen molar-refractivity contribution in [2.45, 2.75) is 46.1 Å². The second-order valence-corrected chi connectivity index (χ2v) is 10.6. The molecule has 6 nitrogen and oxygen atoms in total. The number of aliphatic hydroxyl groups is 1. The Kier molecular flexibility index (Phi) is 6.08. The average Bonchev–Trinajstić information content (AvgIpc) is 3.28. The van der Waals surface area contributed by atoms with Gasteiger partial charge in [0.05, 0.1) is 24.4 Å². The zero-order chi connectivity index (χ0) is 24.8. The van der Waals surface area contributed by atoms with Gasteiger partial charge in [-0.25, -0.2) is 4.98 Å². The van der Waals surface area contributed by atoms with Crippen molar-refractivity contribution in [3.63, 3.8) is 0 Å². The fraction of sp³-hybridized carbons (Fsp3) is 0.296. The lowest BCUT2D eigenvalue weighted by Crippen LogP contribution is -2.29. The number of Topliss-reactive ketones (excluding diaryl/α,β-unsaturated/α-hetero) is 1. The van der Waals surface area contributed by atoms with Gasteiger partial charge in [0, 0.05) is 10.4 Å². The number of anilines is 1. The number of benzene rings is 2. The van der Waals surface area contributed by atoms with Crippen LogP contribution in [0.4, 0.5) is 5.13 Å². The third kappa shape index (κ3) is 4.12. The minimum absolute atomic E-state index is 0.0455. The third-order valence-electron chi connectivity index (χ3n) is 6.12. The van der Waals surface area contributed by atoms with E-state index in [9.17, 15) is 14.7 Å². The van der Waals surface area contributed by atoms with Crippen LogP contribution in [0.25, 0.3) is 5.76 Å². The maximum Gasteiger partial charge on any atom is 0.301 e. The topological polar surface area (TPSA) is 79.7 Å². The van der Waals surface area contributed by atoms with E-state index in [1.807, 2.05) is 38.1 Å². The molecular formula is C27H28N2O4S. The molecule has 1 aliphatic rings. The summed E-state index contributed by atoms with van der Waals surface area (Å²) >= 11 is 1.36. The summed E-state index contributed by atoms with van der Waals surface area (Å²) in [5.41, 5.74) is 3.09. The molecule has 1 aliphatic heterocycles. The van der Waals surface area contributed by atoms with Crippen molar-refractivity contribution in [2.24, 2.45) is 0 Å². The molecule has 1 fully saturated rings. The summed E-state index contributed by atoms with van der Waals surface area (Å²) < 4.78 is 5.20. The van der Waals surface area contributed by atoms with Crippen molar-refractivity contribution < 1.29 is 19.4 Å². The highest BCUT2D eigenvalue weighted by Crippen LogP contribution is 2.44. The van der Waals surface area contributed by atoms with E-state index < -0.39 is 17.7 Å². The molecule has 0 radical (unpaired) electrons. The van der Waals surface area contributed by atoms with E-state index in [2.05, 4.69) is 25.8 Å². The predicted molar refractivity (Wildman–Crippen MR) is 135 cm³/mol. The number of rotatable bonds is 4. The summed E-state index contributed by atoms with van der Waals surface area (Å²) in [6.45, 7) is 10.2. The van der Waals surface area contributed by atoms with Crippen LogP contribution < -0.4 is 9.64 Å². The van der Waals surface area contributed by atoms with Gasteiger partial charge in [-0.15, -0.1) is 11.3 Å². The zero-order valence-corrected chi connectivity index (χ0v) is 21.0. The number of hydrogen-bond donors (Lipinski definition) is 1. The van der Waals surface area contributed by atoms with Gasteiger partial charge in [-0.05, 0) is 54.7 Å². The first-order valence-corrected chi connectivity index (χ1v) is 11.8. The minimum atomic E-state index is -0.791. The van der Waals surface area contributed by atoms with Crippen LogP contribution in [0.1, 0.15) is 54.1 Å². The van der Waals surface area contributed by atoms with Gasteiger partial charge in [0.1, 0.15) is 11.5 Å². The van der Waals surface area contributed by atoms with E-state index in [1.54, 1.807) is 31.4 Å². The number of aliphatic hydroxyl groups excluding tert-OH is 1. The van der Waals surface area contributed by atoms with Crippen molar-refractivity contribution in [1.82, 2.24) is 4.98 Å². The van der Waals surface area contributed by atoms with Gasteiger partial charge in [0.25, 0.3) is 5.78 Å². The molecule has 7 heteroatoms. The number of carbonyl (C=O) groups excluding carboxylic acids is 2. The van der Waals surface area contributed by atoms with E-state index >= 15 is 0 Å². The lowest BCUT2D eigenvalue weighted by atomic mass is 9.85. The number of amides is 1. The molecule has 2 heterocycles. The van der Waals surface area contributed by atoms with Crippen LogP contribution in [0.2, 0.25) is 0 Å². The Morgan fingerprint density at radius 1 is 1.03 bits per heavy atom. The fourth-order valence-electron chi connectivity index (χ4n) is 3.97. The zero-order valence-electron chi connectivity index (χ0n) is 20.2. The first-order chi connectivity index (χ1) is 16.0. The molecule has 1 N–H and O–H groups in total. The number of nitrogens with zero attached hydrogens (tertiary/aromatic N) is 2. The number of ketones is 1. The molecule has 176 valence electrons. The largest absolute Gasteiger partial charge is 0.507 e. The van der Waals surface area contributed by atoms with Crippen LogP contribution in [-0.4, -0.2) is 28.9 Å². The third-order valence-corrected chi connectivity index (χ3v) is 7.20. The lowest BCUT2D eigenvalue weighted by Gasteiger charge is -2.24. The quantitative estimate of drug-likeness (QED) is 0.297. The van der Waals surface area contributed by atoms with Gasteiger partial charge in [-0.3, -0.25) is 14.5 Å². The van der Waals surface area contributed by atoms with Crippen molar-refractivity contribution in [2.75, 3.05) is 12.0 Å². The van der Waals surface area contributed by atoms with Crippen LogP contribution in [-0.2, 0) is 15.0 Å². The van der Waals surface area contributed by atoms with Gasteiger partial charge in [0.2, 0.25) is 0 Å². The minimum Gasteiger partial charge on any atom is -0.507 e. The number of thiazole rings is 1. The van der Waals surface area contributed by atoms with E-state index in [4.69, 9.17) is 4.74 Å². The molecule has 0 unspecified atom stereocenters. The molecule has 2 aromatic carbocycles. The monoisotopic (exact) mass is 476 g/mol. The molecule has 1 saturated heterocycles. The summed E-state index contributed by atoms with van der Waals surface area (Å²) in [7, 11) is 1.56. The normalized spacial score (nSPS) is 17.9. The first-order valence-electron chi connectivity index (χ1n) is 11.0. The van der Waals surface area contributed by atoms with Crippen LogP contribution >= 0.6 is 11.3 Å². The highest BCUT2D eigenvalue weighted by molar-refractivity contribution is 7.16. The highest BCUT2D eigenvalue weighted by atomic mass is 32.1. The lowest BCUT2D eigenvalue weighted by molar-refractivity contribution is -0.132. The number of hydrogen-bond acceptors (Lipinski definition) is 6.